The second kappa shape index (κ2) is 7.71. The van der Waals surface area contributed by atoms with Gasteiger partial charge < -0.3 is 35.8 Å². The molecule has 2 amide bonds. The van der Waals surface area contributed by atoms with Crippen molar-refractivity contribution >= 4 is 6.03 Å². The van der Waals surface area contributed by atoms with E-state index in [1.807, 2.05) is 30.3 Å². The van der Waals surface area contributed by atoms with Crippen molar-refractivity contribution in [3.8, 4) is 0 Å². The summed E-state index contributed by atoms with van der Waals surface area (Å²) in [6, 6.07) is 8.40. The molecule has 1 aliphatic rings. The van der Waals surface area contributed by atoms with Crippen molar-refractivity contribution in [1.29, 1.82) is 0 Å². The monoisotopic (exact) mass is 326 g/mol. The lowest BCUT2D eigenvalue weighted by Gasteiger charge is -2.40. The lowest BCUT2D eigenvalue weighted by atomic mass is 9.98. The summed E-state index contributed by atoms with van der Waals surface area (Å²) in [6.45, 7) is 1.24. The highest BCUT2D eigenvalue weighted by atomic mass is 16.6. The maximum absolute atomic E-state index is 12.0. The number of urea groups is 1. The number of carbonyl (C=O) groups is 1. The topological polar surface area (TPSA) is 131 Å². The highest BCUT2D eigenvalue weighted by molar-refractivity contribution is 5.74. The Balaban J connectivity index is 1.94. The summed E-state index contributed by atoms with van der Waals surface area (Å²) in [6.07, 6.45) is -6.80. The Morgan fingerprint density at radius 3 is 2.43 bits per heavy atom. The molecule has 128 valence electrons. The Hall–Kier alpha value is -1.71. The smallest absolute Gasteiger partial charge is 0.317 e. The average Bonchev–Trinajstić information content (AvgIpc) is 2.56. The van der Waals surface area contributed by atoms with E-state index in [2.05, 4.69) is 10.6 Å². The van der Waals surface area contributed by atoms with Gasteiger partial charge in [-0.1, -0.05) is 30.3 Å². The number of benzene rings is 1. The fourth-order valence-electron chi connectivity index (χ4n) is 2.41. The van der Waals surface area contributed by atoms with Gasteiger partial charge in [-0.15, -0.1) is 0 Å². The number of nitrogens with one attached hydrogen (secondary N) is 2. The summed E-state index contributed by atoms with van der Waals surface area (Å²) in [5, 5.41) is 43.4. The van der Waals surface area contributed by atoms with Gasteiger partial charge in [-0.2, -0.15) is 0 Å². The molecule has 0 saturated carbocycles. The summed E-state index contributed by atoms with van der Waals surface area (Å²) >= 11 is 0. The lowest BCUT2D eigenvalue weighted by Crippen LogP contribution is -2.64. The second-order valence-electron chi connectivity index (χ2n) is 5.50. The number of hydrogen-bond donors (Lipinski definition) is 6. The van der Waals surface area contributed by atoms with E-state index in [-0.39, 0.29) is 6.04 Å². The molecule has 0 bridgehead atoms. The van der Waals surface area contributed by atoms with Gasteiger partial charge in [0.05, 0.1) is 12.6 Å². The molecule has 1 fully saturated rings. The molecule has 8 heteroatoms. The average molecular weight is 326 g/mol. The number of ether oxygens (including phenoxy) is 1. The van der Waals surface area contributed by atoms with Crippen LogP contribution in [0.2, 0.25) is 0 Å². The highest BCUT2D eigenvalue weighted by Crippen LogP contribution is 2.19. The van der Waals surface area contributed by atoms with E-state index >= 15 is 0 Å². The van der Waals surface area contributed by atoms with Crippen LogP contribution >= 0.6 is 0 Å². The van der Waals surface area contributed by atoms with E-state index in [0.29, 0.717) is 0 Å². The molecule has 0 unspecified atom stereocenters. The van der Waals surface area contributed by atoms with Crippen molar-refractivity contribution in [2.45, 2.75) is 43.6 Å². The number of carbonyl (C=O) groups excluding carboxylic acids is 1. The molecule has 6 N–H and O–H groups in total. The zero-order valence-electron chi connectivity index (χ0n) is 12.7. The first-order valence-corrected chi connectivity index (χ1v) is 7.36. The summed E-state index contributed by atoms with van der Waals surface area (Å²) in [5.41, 5.74) is 0.899. The Kier molecular flexibility index (Phi) is 5.91. The molecule has 0 spiro atoms. The van der Waals surface area contributed by atoms with Crippen LogP contribution in [0.15, 0.2) is 30.3 Å². The minimum atomic E-state index is -1.53. The first kappa shape index (κ1) is 17.6. The Morgan fingerprint density at radius 2 is 1.83 bits per heavy atom. The van der Waals surface area contributed by atoms with Gasteiger partial charge in [-0.25, -0.2) is 4.79 Å². The number of aliphatic hydroxyl groups excluding tert-OH is 4. The Morgan fingerprint density at radius 1 is 1.17 bits per heavy atom. The Labute approximate surface area is 133 Å². The predicted molar refractivity (Wildman–Crippen MR) is 80.3 cm³/mol. The minimum Gasteiger partial charge on any atom is -0.394 e. The largest absolute Gasteiger partial charge is 0.394 e. The van der Waals surface area contributed by atoms with E-state index in [9.17, 15) is 20.1 Å². The third kappa shape index (κ3) is 4.18. The van der Waals surface area contributed by atoms with Gasteiger partial charge in [0.25, 0.3) is 0 Å². The molecule has 0 radical (unpaired) electrons. The molecule has 1 heterocycles. The van der Waals surface area contributed by atoms with E-state index in [1.54, 1.807) is 6.92 Å². The Bertz CT molecular complexity index is 512. The molecule has 1 aromatic carbocycles. The molecule has 8 nitrogen and oxygen atoms in total. The number of rotatable bonds is 4. The number of aliphatic hydroxyl groups is 4. The van der Waals surface area contributed by atoms with Crippen LogP contribution in [0.5, 0.6) is 0 Å². The van der Waals surface area contributed by atoms with E-state index < -0.39 is 43.3 Å². The maximum Gasteiger partial charge on any atom is 0.317 e. The zero-order valence-corrected chi connectivity index (χ0v) is 12.7. The van der Waals surface area contributed by atoms with Crippen LogP contribution in [0, 0.1) is 0 Å². The molecular weight excluding hydrogens is 304 g/mol. The summed E-state index contributed by atoms with van der Waals surface area (Å²) in [4.78, 5) is 12.0. The molecule has 1 aromatic rings. The quantitative estimate of drug-likeness (QED) is 0.414. The summed E-state index contributed by atoms with van der Waals surface area (Å²) < 4.78 is 5.21. The number of hydrogen-bond acceptors (Lipinski definition) is 6. The third-order valence-corrected chi connectivity index (χ3v) is 3.81. The van der Waals surface area contributed by atoms with Gasteiger partial charge >= 0.3 is 6.03 Å². The predicted octanol–water partition coefficient (Wildman–Crippen LogP) is -1.15. The van der Waals surface area contributed by atoms with E-state index in [0.717, 1.165) is 5.56 Å². The molecule has 0 aliphatic carbocycles. The standard InChI is InChI=1S/C15H22N2O6/c1-8(9-5-3-2-4-6-9)16-15(22)17-14-13(21)12(20)11(19)10(7-18)23-14/h2-6,8,10-14,18-21H,7H2,1H3,(H2,16,17,22)/t8-,10+,11+,12-,13+,14+/m0/s1. The fraction of sp³-hybridized carbons (Fsp3) is 0.533. The minimum absolute atomic E-state index is 0.277. The molecule has 1 saturated heterocycles. The van der Waals surface area contributed by atoms with Crippen LogP contribution in [-0.2, 0) is 4.74 Å². The maximum atomic E-state index is 12.0. The van der Waals surface area contributed by atoms with Crippen LogP contribution < -0.4 is 10.6 Å². The van der Waals surface area contributed by atoms with Crippen molar-refractivity contribution in [1.82, 2.24) is 10.6 Å². The normalized spacial score (nSPS) is 32.1. The SMILES string of the molecule is C[C@H](NC(=O)N[C@@H]1O[C@H](CO)[C@@H](O)[C@H](O)[C@H]1O)c1ccccc1. The molecule has 6 atom stereocenters. The molecular formula is C15H22N2O6. The van der Waals surface area contributed by atoms with Gasteiger partial charge in [0.2, 0.25) is 0 Å². The highest BCUT2D eigenvalue weighted by Gasteiger charge is 2.44. The van der Waals surface area contributed by atoms with Crippen molar-refractivity contribution in [2.24, 2.45) is 0 Å². The van der Waals surface area contributed by atoms with Gasteiger partial charge in [-0.3, -0.25) is 0 Å². The van der Waals surface area contributed by atoms with Crippen molar-refractivity contribution in [2.75, 3.05) is 6.61 Å². The van der Waals surface area contributed by atoms with Gasteiger partial charge in [0, 0.05) is 0 Å². The van der Waals surface area contributed by atoms with Gasteiger partial charge in [-0.05, 0) is 12.5 Å². The molecule has 23 heavy (non-hydrogen) atoms. The van der Waals surface area contributed by atoms with Crippen LogP contribution in [0.1, 0.15) is 18.5 Å². The van der Waals surface area contributed by atoms with E-state index in [1.165, 1.54) is 0 Å². The van der Waals surface area contributed by atoms with E-state index in [4.69, 9.17) is 9.84 Å². The first-order chi connectivity index (χ1) is 10.9. The van der Waals surface area contributed by atoms with Crippen LogP contribution in [0.3, 0.4) is 0 Å². The molecule has 1 aliphatic heterocycles. The first-order valence-electron chi connectivity index (χ1n) is 7.36. The summed E-state index contributed by atoms with van der Waals surface area (Å²) in [5.74, 6) is 0. The lowest BCUT2D eigenvalue weighted by molar-refractivity contribution is -0.233. The van der Waals surface area contributed by atoms with Crippen LogP contribution in [0.25, 0.3) is 0 Å². The van der Waals surface area contributed by atoms with Gasteiger partial charge in [0.15, 0.2) is 6.23 Å². The zero-order chi connectivity index (χ0) is 17.0. The third-order valence-electron chi connectivity index (χ3n) is 3.81. The van der Waals surface area contributed by atoms with Gasteiger partial charge in [0.1, 0.15) is 24.4 Å². The second-order valence-corrected chi connectivity index (χ2v) is 5.50. The van der Waals surface area contributed by atoms with Crippen molar-refractivity contribution < 1.29 is 30.0 Å². The molecule has 2 rings (SSSR count). The number of amides is 2. The molecule has 0 aromatic heterocycles. The van der Waals surface area contributed by atoms with Crippen LogP contribution in [0.4, 0.5) is 4.79 Å². The fourth-order valence-corrected chi connectivity index (χ4v) is 2.41. The van der Waals surface area contributed by atoms with Crippen molar-refractivity contribution in [3.05, 3.63) is 35.9 Å². The summed E-state index contributed by atoms with van der Waals surface area (Å²) in [7, 11) is 0. The van der Waals surface area contributed by atoms with Crippen molar-refractivity contribution in [3.63, 3.8) is 0 Å². The van der Waals surface area contributed by atoms with Crippen LogP contribution in [-0.4, -0.2) is 63.7 Å².